The molecule has 3 aromatic rings. The van der Waals surface area contributed by atoms with Crippen LogP contribution in [0.5, 0.6) is 5.75 Å². The summed E-state index contributed by atoms with van der Waals surface area (Å²) in [7, 11) is 2.84. The van der Waals surface area contributed by atoms with E-state index in [1.807, 2.05) is 0 Å². The molecule has 0 saturated heterocycles. The molecule has 0 aliphatic rings. The van der Waals surface area contributed by atoms with Crippen LogP contribution >= 0.6 is 11.6 Å². The minimum absolute atomic E-state index is 0.257. The highest BCUT2D eigenvalue weighted by Gasteiger charge is 2.13. The zero-order valence-electron chi connectivity index (χ0n) is 15.6. The minimum Gasteiger partial charge on any atom is -0.497 e. The van der Waals surface area contributed by atoms with Crippen molar-refractivity contribution in [3.05, 3.63) is 76.5 Å². The summed E-state index contributed by atoms with van der Waals surface area (Å²) in [5.41, 5.74) is 3.83. The quantitative estimate of drug-likeness (QED) is 0.373. The van der Waals surface area contributed by atoms with Crippen LogP contribution in [0, 0.1) is 0 Å². The van der Waals surface area contributed by atoms with E-state index in [0.717, 1.165) is 0 Å². The Morgan fingerprint density at radius 3 is 2.48 bits per heavy atom. The zero-order valence-corrected chi connectivity index (χ0v) is 16.4. The molecule has 0 radical (unpaired) electrons. The van der Waals surface area contributed by atoms with E-state index in [1.54, 1.807) is 61.7 Å². The Morgan fingerprint density at radius 1 is 1.07 bits per heavy atom. The van der Waals surface area contributed by atoms with Crippen molar-refractivity contribution in [3.63, 3.8) is 0 Å². The molecule has 29 heavy (non-hydrogen) atoms. The van der Waals surface area contributed by atoms with E-state index < -0.39 is 5.97 Å². The predicted octanol–water partition coefficient (Wildman–Crippen LogP) is 4.16. The van der Waals surface area contributed by atoms with E-state index in [4.69, 9.17) is 20.8 Å². The lowest BCUT2D eigenvalue weighted by Crippen LogP contribution is -2.17. The van der Waals surface area contributed by atoms with Crippen molar-refractivity contribution in [2.24, 2.45) is 5.10 Å². The highest BCUT2D eigenvalue weighted by molar-refractivity contribution is 6.33. The van der Waals surface area contributed by atoms with Crippen molar-refractivity contribution in [1.82, 2.24) is 5.43 Å². The number of furan rings is 1. The van der Waals surface area contributed by atoms with Crippen LogP contribution in [0.25, 0.3) is 11.3 Å². The maximum atomic E-state index is 12.1. The first kappa shape index (κ1) is 20.2. The van der Waals surface area contributed by atoms with Gasteiger partial charge in [0.1, 0.15) is 17.3 Å². The number of methoxy groups -OCH3 is 2. The number of ether oxygens (including phenoxy) is 2. The van der Waals surface area contributed by atoms with Gasteiger partial charge < -0.3 is 13.9 Å². The third kappa shape index (κ3) is 4.83. The number of rotatable bonds is 6. The van der Waals surface area contributed by atoms with E-state index in [0.29, 0.717) is 28.4 Å². The number of carbonyl (C=O) groups excluding carboxylic acids is 2. The summed E-state index contributed by atoms with van der Waals surface area (Å²) in [6.45, 7) is 0. The fourth-order valence-corrected chi connectivity index (χ4v) is 2.74. The highest BCUT2D eigenvalue weighted by atomic mass is 35.5. The largest absolute Gasteiger partial charge is 0.497 e. The van der Waals surface area contributed by atoms with Crippen molar-refractivity contribution in [1.29, 1.82) is 0 Å². The van der Waals surface area contributed by atoms with Crippen LogP contribution in [-0.4, -0.2) is 32.3 Å². The molecular weight excluding hydrogens is 396 g/mol. The Kier molecular flexibility index (Phi) is 6.31. The molecule has 0 saturated carbocycles. The monoisotopic (exact) mass is 412 g/mol. The normalized spacial score (nSPS) is 10.7. The lowest BCUT2D eigenvalue weighted by Gasteiger charge is -2.04. The number of nitrogens with one attached hydrogen (secondary N) is 1. The lowest BCUT2D eigenvalue weighted by molar-refractivity contribution is 0.0600. The number of hydrogen-bond acceptors (Lipinski definition) is 6. The first-order valence-electron chi connectivity index (χ1n) is 8.47. The molecular formula is C21H17ClN2O5. The molecule has 3 rings (SSSR count). The molecule has 0 atom stereocenters. The Balaban J connectivity index is 1.66. The Morgan fingerprint density at radius 2 is 1.83 bits per heavy atom. The van der Waals surface area contributed by atoms with Crippen LogP contribution in [0.2, 0.25) is 5.02 Å². The average Bonchev–Trinajstić information content (AvgIpc) is 3.22. The van der Waals surface area contributed by atoms with Gasteiger partial charge in [0.15, 0.2) is 0 Å². The van der Waals surface area contributed by atoms with Crippen molar-refractivity contribution < 1.29 is 23.5 Å². The van der Waals surface area contributed by atoms with Gasteiger partial charge in [-0.2, -0.15) is 5.10 Å². The van der Waals surface area contributed by atoms with E-state index in [2.05, 4.69) is 15.3 Å². The number of carbonyl (C=O) groups is 2. The van der Waals surface area contributed by atoms with E-state index in [9.17, 15) is 9.59 Å². The van der Waals surface area contributed by atoms with Crippen molar-refractivity contribution in [3.8, 4) is 17.1 Å². The van der Waals surface area contributed by atoms with Gasteiger partial charge >= 0.3 is 5.97 Å². The standard InChI is InChI=1S/C21H17ClN2O5/c1-27-15-6-3-13(4-7-15)20(25)24-23-12-16-8-10-19(29-16)14-5-9-17(18(22)11-14)21(26)28-2/h3-12H,1-2H3,(H,24,25). The summed E-state index contributed by atoms with van der Waals surface area (Å²) in [5, 5.41) is 4.15. The molecule has 0 spiro atoms. The highest BCUT2D eigenvalue weighted by Crippen LogP contribution is 2.27. The molecule has 0 bridgehead atoms. The third-order valence-corrected chi connectivity index (χ3v) is 4.31. The van der Waals surface area contributed by atoms with Gasteiger partial charge in [0.25, 0.3) is 5.91 Å². The van der Waals surface area contributed by atoms with Crippen molar-refractivity contribution >= 4 is 29.7 Å². The van der Waals surface area contributed by atoms with Crippen LogP contribution in [0.4, 0.5) is 0 Å². The van der Waals surface area contributed by atoms with Crippen molar-refractivity contribution in [2.45, 2.75) is 0 Å². The molecule has 0 aliphatic heterocycles. The van der Waals surface area contributed by atoms with E-state index >= 15 is 0 Å². The van der Waals surface area contributed by atoms with Crippen LogP contribution in [0.15, 0.2) is 64.1 Å². The van der Waals surface area contributed by atoms with Gasteiger partial charge in [0.05, 0.1) is 31.0 Å². The van der Waals surface area contributed by atoms with Gasteiger partial charge in [-0.25, -0.2) is 10.2 Å². The fraction of sp³-hybridized carbons (Fsp3) is 0.0952. The predicted molar refractivity (Wildman–Crippen MR) is 109 cm³/mol. The number of esters is 1. The van der Waals surface area contributed by atoms with Gasteiger partial charge in [-0.05, 0) is 48.5 Å². The summed E-state index contributed by atoms with van der Waals surface area (Å²) < 4.78 is 15.4. The Hall–Kier alpha value is -3.58. The molecule has 8 heteroatoms. The SMILES string of the molecule is COC(=O)c1ccc(-c2ccc(C=NNC(=O)c3ccc(OC)cc3)o2)cc1Cl. The number of hydrazone groups is 1. The van der Waals surface area contributed by atoms with E-state index in [1.165, 1.54) is 13.3 Å². The number of benzene rings is 2. The Labute approximate surface area is 171 Å². The average molecular weight is 413 g/mol. The summed E-state index contributed by atoms with van der Waals surface area (Å²) in [5.74, 6) is 0.754. The zero-order chi connectivity index (χ0) is 20.8. The molecule has 1 aromatic heterocycles. The fourth-order valence-electron chi connectivity index (χ4n) is 2.48. The summed E-state index contributed by atoms with van der Waals surface area (Å²) in [6, 6.07) is 14.9. The third-order valence-electron chi connectivity index (χ3n) is 4.00. The second-order valence-electron chi connectivity index (χ2n) is 5.82. The second kappa shape index (κ2) is 9.07. The molecule has 1 N–H and O–H groups in total. The first-order chi connectivity index (χ1) is 14.0. The molecule has 1 amide bonds. The molecule has 0 fully saturated rings. The molecule has 2 aromatic carbocycles. The first-order valence-corrected chi connectivity index (χ1v) is 8.85. The van der Waals surface area contributed by atoms with Gasteiger partial charge in [-0.1, -0.05) is 17.7 Å². The van der Waals surface area contributed by atoms with Gasteiger partial charge in [-0.3, -0.25) is 4.79 Å². The van der Waals surface area contributed by atoms with Gasteiger partial charge in [0.2, 0.25) is 0 Å². The summed E-state index contributed by atoms with van der Waals surface area (Å²) in [4.78, 5) is 23.7. The number of amides is 1. The molecule has 0 unspecified atom stereocenters. The van der Waals surface area contributed by atoms with E-state index in [-0.39, 0.29) is 16.5 Å². The maximum absolute atomic E-state index is 12.1. The summed E-state index contributed by atoms with van der Waals surface area (Å²) >= 11 is 6.13. The molecule has 0 aliphatic carbocycles. The minimum atomic E-state index is -0.513. The smallest absolute Gasteiger partial charge is 0.339 e. The molecule has 148 valence electrons. The topological polar surface area (TPSA) is 90.1 Å². The molecule has 1 heterocycles. The lowest BCUT2D eigenvalue weighted by atomic mass is 10.1. The van der Waals surface area contributed by atoms with Crippen LogP contribution < -0.4 is 10.2 Å². The molecule has 7 nitrogen and oxygen atoms in total. The Bertz CT molecular complexity index is 1060. The second-order valence-corrected chi connectivity index (χ2v) is 6.22. The number of halogens is 1. The van der Waals surface area contributed by atoms with Gasteiger partial charge in [-0.15, -0.1) is 0 Å². The van der Waals surface area contributed by atoms with Crippen LogP contribution in [0.3, 0.4) is 0 Å². The summed E-state index contributed by atoms with van der Waals surface area (Å²) in [6.07, 6.45) is 1.38. The van der Waals surface area contributed by atoms with Crippen LogP contribution in [-0.2, 0) is 4.74 Å². The van der Waals surface area contributed by atoms with Crippen molar-refractivity contribution in [2.75, 3.05) is 14.2 Å². The number of hydrogen-bond donors (Lipinski definition) is 1. The van der Waals surface area contributed by atoms with Gasteiger partial charge in [0, 0.05) is 11.1 Å². The number of nitrogens with zero attached hydrogens (tertiary/aromatic N) is 1. The van der Waals surface area contributed by atoms with Crippen LogP contribution in [0.1, 0.15) is 26.5 Å². The maximum Gasteiger partial charge on any atom is 0.339 e.